The zero-order valence-corrected chi connectivity index (χ0v) is 11.8. The third kappa shape index (κ3) is 2.93. The van der Waals surface area contributed by atoms with Crippen molar-refractivity contribution in [2.24, 2.45) is 11.1 Å². The summed E-state index contributed by atoms with van der Waals surface area (Å²) in [4.78, 5) is 14.8. The zero-order valence-electron chi connectivity index (χ0n) is 11.8. The summed E-state index contributed by atoms with van der Waals surface area (Å²) in [6.07, 6.45) is 4.92. The lowest BCUT2D eigenvalue weighted by atomic mass is 9.72. The van der Waals surface area contributed by atoms with Gasteiger partial charge in [-0.05, 0) is 19.8 Å². The van der Waals surface area contributed by atoms with E-state index in [1.807, 2.05) is 11.8 Å². The van der Waals surface area contributed by atoms with E-state index in [4.69, 9.17) is 10.5 Å². The number of hydrogen-bond acceptors (Lipinski definition) is 4. The molecule has 1 aliphatic carbocycles. The van der Waals surface area contributed by atoms with Gasteiger partial charge in [-0.3, -0.25) is 4.79 Å². The number of carbonyl (C=O) groups excluding carboxylic acids is 1. The number of nitrogens with two attached hydrogens (primary N) is 1. The number of amides is 1. The van der Waals surface area contributed by atoms with Gasteiger partial charge in [-0.25, -0.2) is 0 Å². The molecule has 0 bridgehead atoms. The molecule has 5 heteroatoms. The number of aliphatic hydroxyl groups excluding tert-OH is 1. The fourth-order valence-corrected chi connectivity index (χ4v) is 3.25. The van der Waals surface area contributed by atoms with E-state index in [9.17, 15) is 9.90 Å². The Hall–Kier alpha value is -0.650. The van der Waals surface area contributed by atoms with Crippen LogP contribution in [0.1, 0.15) is 39.0 Å². The second-order valence-corrected chi connectivity index (χ2v) is 5.99. The van der Waals surface area contributed by atoms with Crippen molar-refractivity contribution < 1.29 is 14.6 Å². The molecule has 3 N–H and O–H groups in total. The summed E-state index contributed by atoms with van der Waals surface area (Å²) in [6.45, 7) is 3.38. The van der Waals surface area contributed by atoms with Crippen LogP contribution in [0.25, 0.3) is 0 Å². The van der Waals surface area contributed by atoms with Crippen molar-refractivity contribution >= 4 is 5.91 Å². The van der Waals surface area contributed by atoms with Crippen LogP contribution < -0.4 is 5.73 Å². The highest BCUT2D eigenvalue weighted by atomic mass is 16.5. The molecule has 1 heterocycles. The lowest BCUT2D eigenvalue weighted by Crippen LogP contribution is -2.58. The summed E-state index contributed by atoms with van der Waals surface area (Å²) in [5, 5.41) is 9.22. The van der Waals surface area contributed by atoms with E-state index in [-0.39, 0.29) is 30.1 Å². The van der Waals surface area contributed by atoms with Crippen LogP contribution in [-0.4, -0.2) is 54.4 Å². The Labute approximate surface area is 115 Å². The van der Waals surface area contributed by atoms with Crippen LogP contribution in [0.15, 0.2) is 0 Å². The molecule has 110 valence electrons. The Morgan fingerprint density at radius 3 is 2.68 bits per heavy atom. The van der Waals surface area contributed by atoms with Crippen molar-refractivity contribution in [1.29, 1.82) is 0 Å². The Bertz CT molecular complexity index is 316. The Balaban J connectivity index is 2.11. The summed E-state index contributed by atoms with van der Waals surface area (Å²) < 4.78 is 5.50. The summed E-state index contributed by atoms with van der Waals surface area (Å²) in [5.41, 5.74) is 5.56. The molecule has 0 aromatic rings. The number of morpholine rings is 1. The molecule has 1 aliphatic heterocycles. The van der Waals surface area contributed by atoms with Crippen LogP contribution in [0.2, 0.25) is 0 Å². The van der Waals surface area contributed by atoms with Crippen molar-refractivity contribution in [3.63, 3.8) is 0 Å². The largest absolute Gasteiger partial charge is 0.394 e. The van der Waals surface area contributed by atoms with Crippen molar-refractivity contribution in [3.8, 4) is 0 Å². The third-order valence-corrected chi connectivity index (χ3v) is 4.63. The van der Waals surface area contributed by atoms with E-state index in [1.165, 1.54) is 6.42 Å². The first-order valence-electron chi connectivity index (χ1n) is 7.36. The predicted molar refractivity (Wildman–Crippen MR) is 72.6 cm³/mol. The average molecular weight is 270 g/mol. The minimum Gasteiger partial charge on any atom is -0.394 e. The van der Waals surface area contributed by atoms with E-state index >= 15 is 0 Å². The van der Waals surface area contributed by atoms with Gasteiger partial charge in [-0.2, -0.15) is 0 Å². The van der Waals surface area contributed by atoms with Gasteiger partial charge in [0.25, 0.3) is 0 Å². The van der Waals surface area contributed by atoms with E-state index in [0.29, 0.717) is 19.7 Å². The van der Waals surface area contributed by atoms with Gasteiger partial charge in [-0.15, -0.1) is 0 Å². The molecule has 0 aromatic carbocycles. The van der Waals surface area contributed by atoms with Gasteiger partial charge in [0.15, 0.2) is 0 Å². The molecular weight excluding hydrogens is 244 g/mol. The zero-order chi connectivity index (χ0) is 13.9. The first-order chi connectivity index (χ1) is 9.13. The standard InChI is InChI=1S/C14H26N2O3/c1-11-9-19-12(8-17)7-16(11)13(18)14(10-15)5-3-2-4-6-14/h11-12,17H,2-10,15H2,1H3. The smallest absolute Gasteiger partial charge is 0.230 e. The first-order valence-corrected chi connectivity index (χ1v) is 7.36. The Morgan fingerprint density at radius 1 is 1.42 bits per heavy atom. The van der Waals surface area contributed by atoms with Gasteiger partial charge in [0.05, 0.1) is 30.8 Å². The fraction of sp³-hybridized carbons (Fsp3) is 0.929. The number of ether oxygens (including phenoxy) is 1. The first kappa shape index (κ1) is 14.8. The second-order valence-electron chi connectivity index (χ2n) is 5.99. The van der Waals surface area contributed by atoms with Crippen LogP contribution in [0.5, 0.6) is 0 Å². The molecule has 2 unspecified atom stereocenters. The molecule has 5 nitrogen and oxygen atoms in total. The minimum absolute atomic E-state index is 0.0356. The molecule has 2 fully saturated rings. The Kier molecular flexibility index (Phi) is 4.81. The number of nitrogens with zero attached hydrogens (tertiary/aromatic N) is 1. The van der Waals surface area contributed by atoms with Crippen molar-refractivity contribution in [2.75, 3.05) is 26.3 Å². The van der Waals surface area contributed by atoms with Gasteiger partial charge in [0, 0.05) is 13.1 Å². The highest BCUT2D eigenvalue weighted by molar-refractivity contribution is 5.83. The van der Waals surface area contributed by atoms with Crippen molar-refractivity contribution in [3.05, 3.63) is 0 Å². The fourth-order valence-electron chi connectivity index (χ4n) is 3.25. The number of rotatable bonds is 3. The van der Waals surface area contributed by atoms with Crippen molar-refractivity contribution in [1.82, 2.24) is 4.90 Å². The number of carbonyl (C=O) groups is 1. The van der Waals surface area contributed by atoms with Crippen molar-refractivity contribution in [2.45, 2.75) is 51.2 Å². The molecule has 1 saturated heterocycles. The summed E-state index contributed by atoms with van der Waals surface area (Å²) in [6, 6.07) is 0.0700. The molecule has 2 atom stereocenters. The van der Waals surface area contributed by atoms with Crippen LogP contribution in [-0.2, 0) is 9.53 Å². The van der Waals surface area contributed by atoms with Crippen LogP contribution in [0.4, 0.5) is 0 Å². The topological polar surface area (TPSA) is 75.8 Å². The van der Waals surface area contributed by atoms with E-state index in [2.05, 4.69) is 0 Å². The van der Waals surface area contributed by atoms with Gasteiger partial charge in [-0.1, -0.05) is 19.3 Å². The quantitative estimate of drug-likeness (QED) is 0.783. The molecule has 1 amide bonds. The van der Waals surface area contributed by atoms with Gasteiger partial charge < -0.3 is 20.5 Å². The van der Waals surface area contributed by atoms with Crippen LogP contribution in [0.3, 0.4) is 0 Å². The second kappa shape index (κ2) is 6.20. The van der Waals surface area contributed by atoms with E-state index in [0.717, 1.165) is 25.7 Å². The molecule has 2 aliphatic rings. The molecule has 19 heavy (non-hydrogen) atoms. The summed E-state index contributed by atoms with van der Waals surface area (Å²) in [5.74, 6) is 0.170. The predicted octanol–water partition coefficient (Wildman–Crippen LogP) is 0.504. The van der Waals surface area contributed by atoms with Crippen LogP contribution >= 0.6 is 0 Å². The van der Waals surface area contributed by atoms with Gasteiger partial charge in [0.1, 0.15) is 0 Å². The maximum absolute atomic E-state index is 12.9. The van der Waals surface area contributed by atoms with E-state index in [1.54, 1.807) is 0 Å². The summed E-state index contributed by atoms with van der Waals surface area (Å²) >= 11 is 0. The monoisotopic (exact) mass is 270 g/mol. The van der Waals surface area contributed by atoms with E-state index < -0.39 is 0 Å². The van der Waals surface area contributed by atoms with Gasteiger partial charge in [0.2, 0.25) is 5.91 Å². The molecular formula is C14H26N2O3. The molecule has 2 rings (SSSR count). The maximum atomic E-state index is 12.9. The third-order valence-electron chi connectivity index (χ3n) is 4.63. The highest BCUT2D eigenvalue weighted by Gasteiger charge is 2.43. The minimum atomic E-state index is -0.371. The Morgan fingerprint density at radius 2 is 2.11 bits per heavy atom. The number of hydrogen-bond donors (Lipinski definition) is 2. The lowest BCUT2D eigenvalue weighted by Gasteiger charge is -2.44. The lowest BCUT2D eigenvalue weighted by molar-refractivity contribution is -0.158. The highest BCUT2D eigenvalue weighted by Crippen LogP contribution is 2.38. The SMILES string of the molecule is CC1COC(CO)CN1C(=O)C1(CN)CCCCC1. The number of aliphatic hydroxyl groups is 1. The molecule has 0 radical (unpaired) electrons. The van der Waals surface area contributed by atoms with Gasteiger partial charge >= 0.3 is 0 Å². The maximum Gasteiger partial charge on any atom is 0.230 e. The van der Waals surface area contributed by atoms with Crippen LogP contribution in [0, 0.1) is 5.41 Å². The normalized spacial score (nSPS) is 31.2. The molecule has 0 aromatic heterocycles. The average Bonchev–Trinajstić information content (AvgIpc) is 2.47. The molecule has 0 spiro atoms. The summed E-state index contributed by atoms with van der Waals surface area (Å²) in [7, 11) is 0. The molecule has 1 saturated carbocycles.